The second-order valence-corrected chi connectivity index (χ2v) is 15.5. The highest BCUT2D eigenvalue weighted by Gasteiger charge is 2.35. The lowest BCUT2D eigenvalue weighted by molar-refractivity contribution is -0.143. The molecule has 0 radical (unpaired) electrons. The average Bonchev–Trinajstić information content (AvgIpc) is 3.61. The molecule has 12 N–H and O–H groups in total. The Morgan fingerprint density at radius 1 is 0.695 bits per heavy atom. The van der Waals surface area contributed by atoms with Gasteiger partial charge < -0.3 is 57.9 Å². The van der Waals surface area contributed by atoms with Crippen LogP contribution in [0.2, 0.25) is 0 Å². The van der Waals surface area contributed by atoms with Crippen molar-refractivity contribution in [3.63, 3.8) is 0 Å². The molecule has 0 saturated heterocycles. The lowest BCUT2D eigenvalue weighted by atomic mass is 10.00. The number of carbonyl (C=O) groups is 7. The monoisotopic (exact) mass is 840 g/mol. The summed E-state index contributed by atoms with van der Waals surface area (Å²) in [7, 11) is 0. The van der Waals surface area contributed by atoms with Gasteiger partial charge >= 0.3 is 5.97 Å². The van der Waals surface area contributed by atoms with Crippen LogP contribution in [-0.4, -0.2) is 129 Å². The predicted octanol–water partition coefficient (Wildman–Crippen LogP) is -0.924. The SMILES string of the molecule is CSCC[C@H](NC(=O)[C@@H](NC(=O)[C@H](C)NC(=O)[C@@H](N)CO)[C@@H](C)O)C(=O)N[C@@H](Cc1ccccc1)C(=O)N[C@@H](Cc1c[nH]c2ccccc12)C(=O)N[C@H](C(=O)O)C(C)C. The third-order valence-corrected chi connectivity index (χ3v) is 10.1. The number of H-pyrrole nitrogens is 1. The number of amides is 6. The van der Waals surface area contributed by atoms with Crippen LogP contribution in [0, 0.1) is 5.92 Å². The van der Waals surface area contributed by atoms with Crippen molar-refractivity contribution in [2.45, 2.75) is 95.4 Å². The molecule has 8 atom stereocenters. The van der Waals surface area contributed by atoms with Crippen molar-refractivity contribution in [3.05, 3.63) is 71.9 Å². The Labute approximate surface area is 346 Å². The molecule has 1 heterocycles. The molecule has 18 nitrogen and oxygen atoms in total. The molecule has 0 aliphatic carbocycles. The molecule has 0 aliphatic heterocycles. The van der Waals surface area contributed by atoms with E-state index in [1.54, 1.807) is 56.6 Å². The molecule has 0 fully saturated rings. The van der Waals surface area contributed by atoms with Crippen molar-refractivity contribution in [2.24, 2.45) is 11.7 Å². The lowest BCUT2D eigenvalue weighted by Crippen LogP contribution is -2.61. The molecule has 3 aromatic rings. The van der Waals surface area contributed by atoms with E-state index in [4.69, 9.17) is 10.8 Å². The fourth-order valence-electron chi connectivity index (χ4n) is 6.02. The first-order valence-corrected chi connectivity index (χ1v) is 20.5. The molecule has 3 rings (SSSR count). The minimum absolute atomic E-state index is 0.0343. The summed E-state index contributed by atoms with van der Waals surface area (Å²) in [5, 5.41) is 45.5. The van der Waals surface area contributed by atoms with Crippen molar-refractivity contribution in [1.82, 2.24) is 36.9 Å². The number of para-hydroxylation sites is 1. The van der Waals surface area contributed by atoms with E-state index in [9.17, 15) is 43.8 Å². The van der Waals surface area contributed by atoms with Gasteiger partial charge in [0.2, 0.25) is 35.4 Å². The van der Waals surface area contributed by atoms with Crippen LogP contribution < -0.4 is 37.6 Å². The highest BCUT2D eigenvalue weighted by molar-refractivity contribution is 7.98. The molecular formula is C40H56N8O10S. The fourth-order valence-corrected chi connectivity index (χ4v) is 6.49. The number of nitrogens with one attached hydrogen (secondary N) is 7. The van der Waals surface area contributed by atoms with Crippen molar-refractivity contribution in [1.29, 1.82) is 0 Å². The molecule has 0 saturated carbocycles. The number of hydrogen-bond acceptors (Lipinski definition) is 11. The smallest absolute Gasteiger partial charge is 0.326 e. The van der Waals surface area contributed by atoms with Gasteiger partial charge in [0.25, 0.3) is 0 Å². The van der Waals surface area contributed by atoms with E-state index in [1.807, 2.05) is 24.3 Å². The van der Waals surface area contributed by atoms with Gasteiger partial charge in [-0.15, -0.1) is 0 Å². The molecule has 1 aromatic heterocycles. The summed E-state index contributed by atoms with van der Waals surface area (Å²) < 4.78 is 0. The van der Waals surface area contributed by atoms with E-state index in [0.29, 0.717) is 16.9 Å². The van der Waals surface area contributed by atoms with Gasteiger partial charge in [-0.05, 0) is 55.4 Å². The summed E-state index contributed by atoms with van der Waals surface area (Å²) in [6, 6.07) is 6.88. The number of aliphatic carboxylic acids is 1. The van der Waals surface area contributed by atoms with Crippen LogP contribution in [0.25, 0.3) is 10.9 Å². The van der Waals surface area contributed by atoms with Gasteiger partial charge in [-0.25, -0.2) is 4.79 Å². The molecule has 0 spiro atoms. The van der Waals surface area contributed by atoms with Gasteiger partial charge in [-0.2, -0.15) is 11.8 Å². The molecule has 19 heteroatoms. The number of carboxylic acids is 1. The number of thioether (sulfide) groups is 1. The number of fused-ring (bicyclic) bond motifs is 1. The number of aromatic amines is 1. The van der Waals surface area contributed by atoms with E-state index < -0.39 is 102 Å². The molecule has 59 heavy (non-hydrogen) atoms. The average molecular weight is 841 g/mol. The van der Waals surface area contributed by atoms with Crippen LogP contribution in [-0.2, 0) is 46.4 Å². The summed E-state index contributed by atoms with van der Waals surface area (Å²) in [4.78, 5) is 95.9. The summed E-state index contributed by atoms with van der Waals surface area (Å²) in [5.41, 5.74) is 7.61. The molecule has 0 aliphatic rings. The number of aliphatic hydroxyl groups is 2. The Balaban J connectivity index is 1.90. The van der Waals surface area contributed by atoms with Crippen molar-refractivity contribution in [3.8, 4) is 0 Å². The van der Waals surface area contributed by atoms with Crippen LogP contribution in [0.1, 0.15) is 45.2 Å². The van der Waals surface area contributed by atoms with Gasteiger partial charge in [0.05, 0.1) is 12.7 Å². The summed E-state index contributed by atoms with van der Waals surface area (Å²) >= 11 is 1.38. The first-order chi connectivity index (χ1) is 28.0. The van der Waals surface area contributed by atoms with Crippen molar-refractivity contribution >= 4 is 64.1 Å². The number of aromatic nitrogens is 1. The normalized spacial score (nSPS) is 15.3. The zero-order valence-electron chi connectivity index (χ0n) is 33.7. The summed E-state index contributed by atoms with van der Waals surface area (Å²) in [5.74, 6) is -6.26. The maximum absolute atomic E-state index is 14.3. The van der Waals surface area contributed by atoms with Gasteiger partial charge in [0, 0.05) is 29.9 Å². The Morgan fingerprint density at radius 3 is 1.85 bits per heavy atom. The standard InChI is InChI=1S/C40H56N8O10S/c1-21(2)32(40(57)58)47-38(55)31(18-25-19-42-28-14-10-9-13-26(25)28)46-37(54)30(17-24-11-7-6-8-12-24)45-36(53)29(15-16-59-5)44-39(56)33(23(4)50)48-34(51)22(3)43-35(52)27(41)20-49/h6-14,19,21-23,27,29-33,42,49-50H,15-18,20,41H2,1-5H3,(H,43,52)(H,44,56)(H,45,53)(H,46,54)(H,47,55)(H,48,51)(H,57,58)/t22-,23+,27-,29-,30-,31-,32-,33-/m0/s1. The maximum Gasteiger partial charge on any atom is 0.326 e. The van der Waals surface area contributed by atoms with Crippen molar-refractivity contribution in [2.75, 3.05) is 18.6 Å². The molecule has 322 valence electrons. The van der Waals surface area contributed by atoms with Crippen LogP contribution >= 0.6 is 11.8 Å². The first-order valence-electron chi connectivity index (χ1n) is 19.1. The Hall–Kier alpha value is -5.50. The van der Waals surface area contributed by atoms with Gasteiger partial charge in [0.1, 0.15) is 42.3 Å². The van der Waals surface area contributed by atoms with E-state index in [1.165, 1.54) is 25.6 Å². The Bertz CT molecular complexity index is 1910. The molecule has 6 amide bonds. The number of carboxylic acid groups (broad SMARTS) is 1. The highest BCUT2D eigenvalue weighted by Crippen LogP contribution is 2.20. The summed E-state index contributed by atoms with van der Waals surface area (Å²) in [6.45, 7) is 5.16. The third kappa shape index (κ3) is 14.4. The van der Waals surface area contributed by atoms with Crippen LogP contribution in [0.15, 0.2) is 60.8 Å². The van der Waals surface area contributed by atoms with E-state index in [-0.39, 0.29) is 19.3 Å². The van der Waals surface area contributed by atoms with Crippen molar-refractivity contribution < 1.29 is 48.9 Å². The number of benzene rings is 2. The Kier molecular flexibility index (Phi) is 18.8. The first kappa shape index (κ1) is 47.9. The largest absolute Gasteiger partial charge is 0.480 e. The molecule has 2 aromatic carbocycles. The van der Waals surface area contributed by atoms with E-state index >= 15 is 0 Å². The second-order valence-electron chi connectivity index (χ2n) is 14.5. The minimum atomic E-state index is -1.58. The Morgan fingerprint density at radius 2 is 1.25 bits per heavy atom. The molecule has 0 unspecified atom stereocenters. The zero-order valence-corrected chi connectivity index (χ0v) is 34.5. The lowest BCUT2D eigenvalue weighted by Gasteiger charge is -2.28. The number of hydrogen-bond donors (Lipinski definition) is 11. The van der Waals surface area contributed by atoms with Gasteiger partial charge in [0.15, 0.2) is 0 Å². The number of rotatable bonds is 23. The van der Waals surface area contributed by atoms with E-state index in [2.05, 4.69) is 36.9 Å². The maximum atomic E-state index is 14.3. The number of aliphatic hydroxyl groups excluding tert-OH is 2. The second kappa shape index (κ2) is 23.2. The van der Waals surface area contributed by atoms with Gasteiger partial charge in [-0.1, -0.05) is 62.4 Å². The minimum Gasteiger partial charge on any atom is -0.480 e. The van der Waals surface area contributed by atoms with Crippen LogP contribution in [0.5, 0.6) is 0 Å². The quantitative estimate of drug-likeness (QED) is 0.0553. The number of nitrogens with two attached hydrogens (primary N) is 1. The highest BCUT2D eigenvalue weighted by atomic mass is 32.2. The summed E-state index contributed by atoms with van der Waals surface area (Å²) in [6.07, 6.45) is 2.02. The van der Waals surface area contributed by atoms with Crippen LogP contribution in [0.3, 0.4) is 0 Å². The van der Waals surface area contributed by atoms with E-state index in [0.717, 1.165) is 10.9 Å². The van der Waals surface area contributed by atoms with Crippen LogP contribution in [0.4, 0.5) is 0 Å². The zero-order chi connectivity index (χ0) is 43.8. The predicted molar refractivity (Wildman–Crippen MR) is 222 cm³/mol. The third-order valence-electron chi connectivity index (χ3n) is 9.47. The number of carbonyl (C=O) groups excluding carboxylic acids is 6. The van der Waals surface area contributed by atoms with Gasteiger partial charge in [-0.3, -0.25) is 28.8 Å². The fraction of sp³-hybridized carbons (Fsp3) is 0.475. The molecular weight excluding hydrogens is 785 g/mol. The molecule has 0 bridgehead atoms. The topological polar surface area (TPSA) is 294 Å².